The average molecular weight is 283 g/mol. The van der Waals surface area contributed by atoms with Gasteiger partial charge in [0.05, 0.1) is 29.4 Å². The number of benzene rings is 2. The minimum absolute atomic E-state index is 0.0566. The first kappa shape index (κ1) is 14.3. The number of hydrogen-bond acceptors (Lipinski definition) is 5. The summed E-state index contributed by atoms with van der Waals surface area (Å²) >= 11 is 0. The van der Waals surface area contributed by atoms with E-state index in [4.69, 9.17) is 10.00 Å². The minimum Gasteiger partial charge on any atom is -0.495 e. The summed E-state index contributed by atoms with van der Waals surface area (Å²) in [6, 6.07) is 13.5. The molecular formula is C15H13N3O3. The van der Waals surface area contributed by atoms with Crippen molar-refractivity contribution in [3.05, 3.63) is 63.7 Å². The third-order valence-corrected chi connectivity index (χ3v) is 2.93. The number of methoxy groups -OCH3 is 1. The number of nitro benzene ring substituents is 1. The zero-order chi connectivity index (χ0) is 15.2. The number of nitrogens with one attached hydrogen (secondary N) is 1. The predicted molar refractivity (Wildman–Crippen MR) is 78.1 cm³/mol. The van der Waals surface area contributed by atoms with Gasteiger partial charge in [-0.3, -0.25) is 10.1 Å². The molecule has 2 aromatic carbocycles. The van der Waals surface area contributed by atoms with E-state index in [1.165, 1.54) is 19.2 Å². The average Bonchev–Trinajstić information content (AvgIpc) is 2.53. The summed E-state index contributed by atoms with van der Waals surface area (Å²) in [6.45, 7) is 0.421. The van der Waals surface area contributed by atoms with Gasteiger partial charge in [-0.25, -0.2) is 0 Å². The minimum atomic E-state index is -0.425. The Kier molecular flexibility index (Phi) is 4.36. The Morgan fingerprint density at radius 1 is 1.33 bits per heavy atom. The Hall–Kier alpha value is -3.07. The van der Waals surface area contributed by atoms with E-state index in [1.54, 1.807) is 30.3 Å². The lowest BCUT2D eigenvalue weighted by Gasteiger charge is -2.11. The molecule has 21 heavy (non-hydrogen) atoms. The summed E-state index contributed by atoms with van der Waals surface area (Å²) in [5, 5.41) is 22.7. The van der Waals surface area contributed by atoms with Crippen LogP contribution in [0.2, 0.25) is 0 Å². The zero-order valence-corrected chi connectivity index (χ0v) is 11.4. The highest BCUT2D eigenvalue weighted by Crippen LogP contribution is 2.26. The Morgan fingerprint density at radius 2 is 2.14 bits per heavy atom. The van der Waals surface area contributed by atoms with Gasteiger partial charge in [0.1, 0.15) is 5.75 Å². The second kappa shape index (κ2) is 6.39. The van der Waals surface area contributed by atoms with Crippen molar-refractivity contribution in [2.24, 2.45) is 0 Å². The van der Waals surface area contributed by atoms with Crippen LogP contribution in [0.1, 0.15) is 11.1 Å². The van der Waals surface area contributed by atoms with E-state index < -0.39 is 4.92 Å². The van der Waals surface area contributed by atoms with E-state index >= 15 is 0 Å². The van der Waals surface area contributed by atoms with Crippen molar-refractivity contribution >= 4 is 11.4 Å². The van der Waals surface area contributed by atoms with E-state index in [9.17, 15) is 10.1 Å². The summed E-state index contributed by atoms with van der Waals surface area (Å²) in [6.07, 6.45) is 0. The Labute approximate surface area is 121 Å². The van der Waals surface area contributed by atoms with Gasteiger partial charge in [0.25, 0.3) is 5.69 Å². The largest absolute Gasteiger partial charge is 0.495 e. The number of hydrogen-bond donors (Lipinski definition) is 1. The van der Waals surface area contributed by atoms with Crippen LogP contribution in [0.25, 0.3) is 0 Å². The van der Waals surface area contributed by atoms with Crippen LogP contribution >= 0.6 is 0 Å². The Balaban J connectivity index is 2.15. The Bertz CT molecular complexity index is 708. The van der Waals surface area contributed by atoms with Crippen molar-refractivity contribution in [1.29, 1.82) is 5.26 Å². The number of nitriles is 1. The van der Waals surface area contributed by atoms with Crippen molar-refractivity contribution in [1.82, 2.24) is 0 Å². The summed E-state index contributed by atoms with van der Waals surface area (Å²) in [7, 11) is 1.52. The van der Waals surface area contributed by atoms with E-state index in [2.05, 4.69) is 5.32 Å². The maximum atomic E-state index is 10.7. The highest BCUT2D eigenvalue weighted by atomic mass is 16.6. The molecule has 0 radical (unpaired) electrons. The van der Waals surface area contributed by atoms with Crippen molar-refractivity contribution < 1.29 is 9.66 Å². The van der Waals surface area contributed by atoms with E-state index in [1.807, 2.05) is 6.07 Å². The van der Waals surface area contributed by atoms with Gasteiger partial charge < -0.3 is 10.1 Å². The third-order valence-electron chi connectivity index (χ3n) is 2.93. The molecule has 0 aliphatic carbocycles. The second-order valence-electron chi connectivity index (χ2n) is 4.31. The fraction of sp³-hybridized carbons (Fsp3) is 0.133. The monoisotopic (exact) mass is 283 g/mol. The van der Waals surface area contributed by atoms with Gasteiger partial charge in [-0.1, -0.05) is 12.1 Å². The number of nitrogens with zero attached hydrogens (tertiary/aromatic N) is 2. The van der Waals surface area contributed by atoms with Gasteiger partial charge in [0.15, 0.2) is 0 Å². The molecule has 0 saturated carbocycles. The molecule has 0 heterocycles. The van der Waals surface area contributed by atoms with Crippen molar-refractivity contribution in [2.45, 2.75) is 6.54 Å². The topological polar surface area (TPSA) is 88.2 Å². The summed E-state index contributed by atoms with van der Waals surface area (Å²) in [5.41, 5.74) is 2.08. The molecule has 0 amide bonds. The molecule has 0 atom stereocenters. The van der Waals surface area contributed by atoms with Crippen molar-refractivity contribution in [2.75, 3.05) is 12.4 Å². The van der Waals surface area contributed by atoms with Crippen LogP contribution in [-0.2, 0) is 6.54 Å². The number of nitro groups is 1. The van der Waals surface area contributed by atoms with Crippen molar-refractivity contribution in [3.8, 4) is 11.8 Å². The van der Waals surface area contributed by atoms with Crippen LogP contribution in [0.5, 0.6) is 5.75 Å². The van der Waals surface area contributed by atoms with Gasteiger partial charge >= 0.3 is 0 Å². The second-order valence-corrected chi connectivity index (χ2v) is 4.31. The van der Waals surface area contributed by atoms with Gasteiger partial charge in [-0.15, -0.1) is 0 Å². The van der Waals surface area contributed by atoms with E-state index in [0.29, 0.717) is 17.9 Å². The van der Waals surface area contributed by atoms with Crippen LogP contribution in [0, 0.1) is 21.4 Å². The molecule has 0 bridgehead atoms. The van der Waals surface area contributed by atoms with Crippen LogP contribution in [-0.4, -0.2) is 12.0 Å². The molecule has 1 N–H and O–H groups in total. The molecule has 0 fully saturated rings. The molecule has 0 unspecified atom stereocenters. The number of non-ortho nitro benzene ring substituents is 1. The van der Waals surface area contributed by atoms with Gasteiger partial charge in [0.2, 0.25) is 0 Å². The zero-order valence-electron chi connectivity index (χ0n) is 11.4. The first-order valence-electron chi connectivity index (χ1n) is 6.19. The first-order valence-corrected chi connectivity index (χ1v) is 6.19. The molecule has 6 nitrogen and oxygen atoms in total. The molecule has 0 aromatic heterocycles. The van der Waals surface area contributed by atoms with E-state index in [0.717, 1.165) is 11.3 Å². The van der Waals surface area contributed by atoms with Crippen LogP contribution in [0.3, 0.4) is 0 Å². The lowest BCUT2D eigenvalue weighted by atomic mass is 10.1. The number of anilines is 1. The standard InChI is InChI=1S/C15H13N3O3/c1-21-15-8-11(9-16)5-6-14(15)17-10-12-3-2-4-13(7-12)18(19)20/h2-8,17H,10H2,1H3. The number of rotatable bonds is 5. The Morgan fingerprint density at radius 3 is 2.81 bits per heavy atom. The van der Waals surface area contributed by atoms with Crippen molar-refractivity contribution in [3.63, 3.8) is 0 Å². The lowest BCUT2D eigenvalue weighted by molar-refractivity contribution is -0.384. The molecular weight excluding hydrogens is 270 g/mol. The number of ether oxygens (including phenoxy) is 1. The predicted octanol–water partition coefficient (Wildman–Crippen LogP) is 3.09. The van der Waals surface area contributed by atoms with Gasteiger partial charge in [-0.05, 0) is 17.7 Å². The third kappa shape index (κ3) is 3.48. The van der Waals surface area contributed by atoms with Gasteiger partial charge in [-0.2, -0.15) is 5.26 Å². The highest BCUT2D eigenvalue weighted by molar-refractivity contribution is 5.59. The van der Waals surface area contributed by atoms with Crippen LogP contribution in [0.4, 0.5) is 11.4 Å². The van der Waals surface area contributed by atoms with Gasteiger partial charge in [0, 0.05) is 24.7 Å². The molecule has 0 aliphatic rings. The summed E-state index contributed by atoms with van der Waals surface area (Å²) in [5.74, 6) is 0.555. The SMILES string of the molecule is COc1cc(C#N)ccc1NCc1cccc([N+](=O)[O-])c1. The fourth-order valence-corrected chi connectivity index (χ4v) is 1.88. The maximum absolute atomic E-state index is 10.7. The van der Waals surface area contributed by atoms with E-state index in [-0.39, 0.29) is 5.69 Å². The molecule has 6 heteroatoms. The quantitative estimate of drug-likeness (QED) is 0.673. The van der Waals surface area contributed by atoms with Crippen LogP contribution in [0.15, 0.2) is 42.5 Å². The summed E-state index contributed by atoms with van der Waals surface area (Å²) in [4.78, 5) is 10.3. The lowest BCUT2D eigenvalue weighted by Crippen LogP contribution is -2.02. The molecule has 0 saturated heterocycles. The molecule has 2 aromatic rings. The molecule has 0 aliphatic heterocycles. The fourth-order valence-electron chi connectivity index (χ4n) is 1.88. The molecule has 106 valence electrons. The van der Waals surface area contributed by atoms with Crippen LogP contribution < -0.4 is 10.1 Å². The molecule has 0 spiro atoms. The maximum Gasteiger partial charge on any atom is 0.269 e. The normalized spacial score (nSPS) is 9.71. The smallest absolute Gasteiger partial charge is 0.269 e. The first-order chi connectivity index (χ1) is 10.1. The highest BCUT2D eigenvalue weighted by Gasteiger charge is 2.07. The molecule has 2 rings (SSSR count). The summed E-state index contributed by atoms with van der Waals surface area (Å²) < 4.78 is 5.22.